The molecule has 9 heteroatoms. The quantitative estimate of drug-likeness (QED) is 0.659. The summed E-state index contributed by atoms with van der Waals surface area (Å²) < 4.78 is 29.9. The van der Waals surface area contributed by atoms with Gasteiger partial charge in [0, 0.05) is 6.04 Å². The van der Waals surface area contributed by atoms with Crippen LogP contribution in [0.5, 0.6) is 0 Å². The van der Waals surface area contributed by atoms with Crippen LogP contribution in [0.15, 0.2) is 28.7 Å². The molecule has 7 nitrogen and oxygen atoms in total. The van der Waals surface area contributed by atoms with E-state index in [1.165, 1.54) is 4.90 Å². The number of amides is 1. The molecule has 0 saturated carbocycles. The number of hydrogen-bond donors (Lipinski definition) is 0. The summed E-state index contributed by atoms with van der Waals surface area (Å²) in [6, 6.07) is 6.84. The van der Waals surface area contributed by atoms with Crippen molar-refractivity contribution in [2.75, 3.05) is 11.5 Å². The molecule has 0 bridgehead atoms. The first kappa shape index (κ1) is 21.4. The normalized spacial score (nSPS) is 12.0. The van der Waals surface area contributed by atoms with Crippen molar-refractivity contribution in [3.8, 4) is 11.5 Å². The molecule has 0 aliphatic carbocycles. The Balaban J connectivity index is 2.15. The van der Waals surface area contributed by atoms with Crippen LogP contribution in [-0.2, 0) is 21.2 Å². The largest absolute Gasteiger partial charge is 0.419 e. The predicted molar refractivity (Wildman–Crippen MR) is 104 cm³/mol. The van der Waals surface area contributed by atoms with Crippen molar-refractivity contribution in [2.24, 2.45) is 5.92 Å². The van der Waals surface area contributed by atoms with E-state index in [1.54, 1.807) is 52.0 Å². The molecule has 148 valence electrons. The van der Waals surface area contributed by atoms with Crippen LogP contribution in [0.1, 0.15) is 33.6 Å². The van der Waals surface area contributed by atoms with Crippen molar-refractivity contribution in [2.45, 2.75) is 40.3 Å². The van der Waals surface area contributed by atoms with Gasteiger partial charge >= 0.3 is 0 Å². The van der Waals surface area contributed by atoms with Gasteiger partial charge in [-0.05, 0) is 31.9 Å². The van der Waals surface area contributed by atoms with Crippen molar-refractivity contribution in [3.05, 3.63) is 35.2 Å². The minimum Gasteiger partial charge on any atom is -0.419 e. The second-order valence-electron chi connectivity index (χ2n) is 7.04. The minimum atomic E-state index is -3.47. The van der Waals surface area contributed by atoms with E-state index in [4.69, 9.17) is 16.0 Å². The minimum absolute atomic E-state index is 0.0259. The van der Waals surface area contributed by atoms with Crippen molar-refractivity contribution in [3.63, 3.8) is 0 Å². The van der Waals surface area contributed by atoms with Gasteiger partial charge in [0.05, 0.1) is 22.9 Å². The van der Waals surface area contributed by atoms with E-state index < -0.39 is 21.5 Å². The summed E-state index contributed by atoms with van der Waals surface area (Å²) in [4.78, 5) is 14.0. The Morgan fingerprint density at radius 1 is 1.19 bits per heavy atom. The van der Waals surface area contributed by atoms with E-state index in [0.717, 1.165) is 0 Å². The lowest BCUT2D eigenvalue weighted by atomic mass is 10.2. The first-order chi connectivity index (χ1) is 12.6. The number of carbonyl (C=O) groups is 1. The molecule has 0 aliphatic rings. The van der Waals surface area contributed by atoms with Crippen LogP contribution in [0.25, 0.3) is 11.5 Å². The highest BCUT2D eigenvalue weighted by Crippen LogP contribution is 2.26. The maximum absolute atomic E-state index is 12.6. The SMILES string of the molecule is CC(C)CS(=O)(=O)CC(=O)N(Cc1nnc(-c2ccccc2Cl)o1)C(C)C. The maximum Gasteiger partial charge on any atom is 0.249 e. The Kier molecular flexibility index (Phi) is 7.00. The zero-order valence-corrected chi connectivity index (χ0v) is 17.4. The van der Waals surface area contributed by atoms with Gasteiger partial charge in [0.15, 0.2) is 9.84 Å². The second-order valence-corrected chi connectivity index (χ2v) is 9.56. The third-order valence-corrected chi connectivity index (χ3v) is 5.94. The second kappa shape index (κ2) is 8.84. The Hall–Kier alpha value is -1.93. The lowest BCUT2D eigenvalue weighted by molar-refractivity contribution is -0.131. The number of rotatable bonds is 8. The fraction of sp³-hybridized carbons (Fsp3) is 0.500. The third kappa shape index (κ3) is 6.04. The summed E-state index contributed by atoms with van der Waals surface area (Å²) in [6.45, 7) is 7.25. The van der Waals surface area contributed by atoms with E-state index in [-0.39, 0.29) is 36.0 Å². The molecule has 0 unspecified atom stereocenters. The average molecular weight is 414 g/mol. The van der Waals surface area contributed by atoms with Gasteiger partial charge in [-0.3, -0.25) is 4.79 Å². The van der Waals surface area contributed by atoms with Gasteiger partial charge in [-0.1, -0.05) is 37.6 Å². The topological polar surface area (TPSA) is 93.4 Å². The number of aromatic nitrogens is 2. The number of benzene rings is 1. The highest BCUT2D eigenvalue weighted by atomic mass is 35.5. The van der Waals surface area contributed by atoms with Crippen LogP contribution in [0.3, 0.4) is 0 Å². The van der Waals surface area contributed by atoms with E-state index in [2.05, 4.69) is 10.2 Å². The summed E-state index contributed by atoms with van der Waals surface area (Å²) in [5, 5.41) is 8.42. The molecule has 0 N–H and O–H groups in total. The van der Waals surface area contributed by atoms with Crippen LogP contribution in [0.2, 0.25) is 5.02 Å². The average Bonchev–Trinajstić information content (AvgIpc) is 2.99. The molecule has 27 heavy (non-hydrogen) atoms. The predicted octanol–water partition coefficient (Wildman–Crippen LogP) is 3.20. The van der Waals surface area contributed by atoms with Crippen molar-refractivity contribution in [1.29, 1.82) is 0 Å². The number of carbonyl (C=O) groups excluding carboxylic acids is 1. The zero-order valence-electron chi connectivity index (χ0n) is 15.8. The molecular weight excluding hydrogens is 390 g/mol. The lowest BCUT2D eigenvalue weighted by Crippen LogP contribution is -2.40. The summed E-state index contributed by atoms with van der Waals surface area (Å²) in [7, 11) is -3.47. The van der Waals surface area contributed by atoms with E-state index in [0.29, 0.717) is 10.6 Å². The Morgan fingerprint density at radius 3 is 2.44 bits per heavy atom. The molecule has 1 aromatic carbocycles. The third-order valence-electron chi connectivity index (χ3n) is 3.75. The maximum atomic E-state index is 12.6. The van der Waals surface area contributed by atoms with Crippen molar-refractivity contribution >= 4 is 27.3 Å². The molecular formula is C18H24ClN3O4S. The van der Waals surface area contributed by atoms with E-state index >= 15 is 0 Å². The summed E-state index contributed by atoms with van der Waals surface area (Å²) in [5.41, 5.74) is 0.597. The first-order valence-corrected chi connectivity index (χ1v) is 10.9. The van der Waals surface area contributed by atoms with Gasteiger partial charge in [-0.25, -0.2) is 8.42 Å². The van der Waals surface area contributed by atoms with E-state index in [1.807, 2.05) is 0 Å². The molecule has 1 amide bonds. The Labute approximate surface area is 164 Å². The summed E-state index contributed by atoms with van der Waals surface area (Å²) in [6.07, 6.45) is 0. The number of nitrogens with zero attached hydrogens (tertiary/aromatic N) is 3. The molecule has 2 aromatic rings. The molecule has 0 aliphatic heterocycles. The summed E-state index contributed by atoms with van der Waals surface area (Å²) >= 11 is 6.13. The number of sulfone groups is 1. The molecule has 0 saturated heterocycles. The molecule has 0 spiro atoms. The molecule has 1 aromatic heterocycles. The van der Waals surface area contributed by atoms with Crippen LogP contribution < -0.4 is 0 Å². The Morgan fingerprint density at radius 2 is 1.85 bits per heavy atom. The molecule has 0 atom stereocenters. The van der Waals surface area contributed by atoms with Gasteiger partial charge in [0.2, 0.25) is 17.7 Å². The van der Waals surface area contributed by atoms with E-state index in [9.17, 15) is 13.2 Å². The lowest BCUT2D eigenvalue weighted by Gasteiger charge is -2.25. The fourth-order valence-electron chi connectivity index (χ4n) is 2.60. The number of halogens is 1. The fourth-order valence-corrected chi connectivity index (χ4v) is 4.50. The van der Waals surface area contributed by atoms with Gasteiger partial charge in [-0.15, -0.1) is 10.2 Å². The van der Waals surface area contributed by atoms with Gasteiger partial charge < -0.3 is 9.32 Å². The van der Waals surface area contributed by atoms with Crippen LogP contribution in [0.4, 0.5) is 0 Å². The summed E-state index contributed by atoms with van der Waals surface area (Å²) in [5.74, 6) is -0.614. The van der Waals surface area contributed by atoms with Crippen molar-refractivity contribution < 1.29 is 17.6 Å². The van der Waals surface area contributed by atoms with Gasteiger partial charge in [0.25, 0.3) is 0 Å². The Bertz CT molecular complexity index is 894. The van der Waals surface area contributed by atoms with Crippen LogP contribution in [0, 0.1) is 5.92 Å². The van der Waals surface area contributed by atoms with Gasteiger partial charge in [0.1, 0.15) is 5.75 Å². The standard InChI is InChI=1S/C18H24ClN3O4S/c1-12(2)10-27(24,25)11-17(23)22(13(3)4)9-16-20-21-18(26-16)14-7-5-6-8-15(14)19/h5-8,12-13H,9-11H2,1-4H3. The van der Waals surface area contributed by atoms with Gasteiger partial charge in [-0.2, -0.15) is 0 Å². The highest BCUT2D eigenvalue weighted by Gasteiger charge is 2.26. The first-order valence-electron chi connectivity index (χ1n) is 8.66. The smallest absolute Gasteiger partial charge is 0.249 e. The van der Waals surface area contributed by atoms with Crippen LogP contribution >= 0.6 is 11.6 Å². The zero-order chi connectivity index (χ0) is 20.2. The molecule has 0 fully saturated rings. The monoisotopic (exact) mass is 413 g/mol. The molecule has 1 heterocycles. The molecule has 0 radical (unpaired) electrons. The molecule has 2 rings (SSSR count). The van der Waals surface area contributed by atoms with Crippen molar-refractivity contribution in [1.82, 2.24) is 15.1 Å². The van der Waals surface area contributed by atoms with Crippen LogP contribution in [-0.4, -0.2) is 47.0 Å². The number of hydrogen-bond acceptors (Lipinski definition) is 6. The highest BCUT2D eigenvalue weighted by molar-refractivity contribution is 7.92.